The number of benzene rings is 2. The van der Waals surface area contributed by atoms with E-state index in [0.29, 0.717) is 42.3 Å². The molecule has 7 nitrogen and oxygen atoms in total. The highest BCUT2D eigenvalue weighted by Crippen LogP contribution is 2.32. The number of nitrogens with two attached hydrogens (primary N) is 1. The summed E-state index contributed by atoms with van der Waals surface area (Å²) in [4.78, 5) is 32.2. The van der Waals surface area contributed by atoms with Crippen molar-refractivity contribution < 1.29 is 19.1 Å². The number of pyridine rings is 1. The number of ether oxygens (including phenoxy) is 2. The van der Waals surface area contributed by atoms with E-state index in [0.717, 1.165) is 23.7 Å². The highest BCUT2D eigenvalue weighted by atomic mass is 16.5. The molecular weight excluding hydrogens is 418 g/mol. The first kappa shape index (κ1) is 22.6. The first-order chi connectivity index (χ1) is 16.0. The Hall–Kier alpha value is -3.61. The summed E-state index contributed by atoms with van der Waals surface area (Å²) >= 11 is 0. The zero-order chi connectivity index (χ0) is 23.4. The summed E-state index contributed by atoms with van der Waals surface area (Å²) in [5, 5.41) is 0.870. The third kappa shape index (κ3) is 4.77. The summed E-state index contributed by atoms with van der Waals surface area (Å²) in [5.74, 6) is 0.485. The van der Waals surface area contributed by atoms with Crippen molar-refractivity contribution in [3.63, 3.8) is 0 Å². The molecule has 7 heteroatoms. The summed E-state index contributed by atoms with van der Waals surface area (Å²) in [7, 11) is 1.58. The number of carbonyl (C=O) groups is 2. The van der Waals surface area contributed by atoms with Crippen molar-refractivity contribution in [2.45, 2.75) is 38.2 Å². The van der Waals surface area contributed by atoms with E-state index in [4.69, 9.17) is 20.2 Å². The Morgan fingerprint density at radius 3 is 2.61 bits per heavy atom. The summed E-state index contributed by atoms with van der Waals surface area (Å²) in [6.07, 6.45) is 1.55. The molecule has 2 aromatic carbocycles. The third-order valence-electron chi connectivity index (χ3n) is 6.12. The highest BCUT2D eigenvalue weighted by molar-refractivity contribution is 5.97. The number of carbonyl (C=O) groups excluding carboxylic acids is 2. The lowest BCUT2D eigenvalue weighted by Crippen LogP contribution is -2.46. The Bertz CT molecular complexity index is 1160. The van der Waals surface area contributed by atoms with Crippen molar-refractivity contribution in [2.75, 3.05) is 20.2 Å². The quantitative estimate of drug-likeness (QED) is 0.593. The molecule has 1 saturated heterocycles. The van der Waals surface area contributed by atoms with Gasteiger partial charge in [0, 0.05) is 24.4 Å². The number of para-hydroxylation sites is 3. The zero-order valence-electron chi connectivity index (χ0n) is 19.0. The average molecular weight is 448 g/mol. The van der Waals surface area contributed by atoms with Crippen molar-refractivity contribution >= 4 is 22.7 Å². The van der Waals surface area contributed by atoms with Gasteiger partial charge in [-0.15, -0.1) is 0 Å². The first-order valence-electron chi connectivity index (χ1n) is 11.3. The molecule has 1 aromatic heterocycles. The molecule has 4 rings (SSSR count). The molecule has 0 spiro atoms. The number of rotatable bonds is 7. The van der Waals surface area contributed by atoms with Crippen LogP contribution in [0.4, 0.5) is 0 Å². The number of amides is 2. The van der Waals surface area contributed by atoms with Gasteiger partial charge in [-0.1, -0.05) is 37.3 Å². The van der Waals surface area contributed by atoms with Gasteiger partial charge in [0.1, 0.15) is 0 Å². The second-order valence-corrected chi connectivity index (χ2v) is 8.27. The van der Waals surface area contributed by atoms with E-state index in [9.17, 15) is 9.59 Å². The van der Waals surface area contributed by atoms with Crippen LogP contribution in [0.2, 0.25) is 0 Å². The van der Waals surface area contributed by atoms with Crippen LogP contribution in [0.3, 0.4) is 0 Å². The van der Waals surface area contributed by atoms with E-state index in [2.05, 4.69) is 0 Å². The maximum absolute atomic E-state index is 13.4. The van der Waals surface area contributed by atoms with Gasteiger partial charge in [0.2, 0.25) is 0 Å². The zero-order valence-corrected chi connectivity index (χ0v) is 19.0. The van der Waals surface area contributed by atoms with Gasteiger partial charge in [-0.25, -0.2) is 0 Å². The average Bonchev–Trinajstić information content (AvgIpc) is 2.86. The van der Waals surface area contributed by atoms with Crippen LogP contribution in [0.1, 0.15) is 48.2 Å². The largest absolute Gasteiger partial charge is 0.493 e. The monoisotopic (exact) mass is 447 g/mol. The fourth-order valence-electron chi connectivity index (χ4n) is 4.42. The van der Waals surface area contributed by atoms with Crippen molar-refractivity contribution in [3.8, 4) is 11.5 Å². The molecule has 0 saturated carbocycles. The fraction of sp³-hybridized carbons (Fsp3) is 0.346. The maximum Gasteiger partial charge on any atom is 0.263 e. The molecule has 1 aliphatic heterocycles. The smallest absolute Gasteiger partial charge is 0.263 e. The van der Waals surface area contributed by atoms with Gasteiger partial charge >= 0.3 is 0 Å². The van der Waals surface area contributed by atoms with Crippen molar-refractivity contribution in [1.29, 1.82) is 0 Å². The normalized spacial score (nSPS) is 16.9. The fourth-order valence-corrected chi connectivity index (χ4v) is 4.42. The van der Waals surface area contributed by atoms with Gasteiger partial charge in [-0.3, -0.25) is 14.6 Å². The van der Waals surface area contributed by atoms with Crippen LogP contribution in [0.5, 0.6) is 11.5 Å². The number of likely N-dealkylation sites (tertiary alicyclic amines) is 1. The lowest BCUT2D eigenvalue weighted by Gasteiger charge is -2.35. The van der Waals surface area contributed by atoms with E-state index in [1.54, 1.807) is 25.3 Å². The maximum atomic E-state index is 13.4. The first-order valence-corrected chi connectivity index (χ1v) is 11.3. The van der Waals surface area contributed by atoms with Crippen LogP contribution in [-0.2, 0) is 4.79 Å². The number of primary amides is 1. The Morgan fingerprint density at radius 2 is 1.88 bits per heavy atom. The lowest BCUT2D eigenvalue weighted by molar-refractivity contribution is -0.140. The number of aromatic nitrogens is 1. The Balaban J connectivity index is 1.57. The van der Waals surface area contributed by atoms with Gasteiger partial charge in [0.25, 0.3) is 11.8 Å². The third-order valence-corrected chi connectivity index (χ3v) is 6.12. The minimum atomic E-state index is -0.625. The molecule has 2 heterocycles. The molecule has 2 amide bonds. The lowest BCUT2D eigenvalue weighted by atomic mass is 9.90. The molecule has 1 aliphatic rings. The number of hydrogen-bond acceptors (Lipinski definition) is 5. The number of fused-ring (bicyclic) bond motifs is 1. The number of nitrogens with zero attached hydrogens (tertiary/aromatic N) is 2. The van der Waals surface area contributed by atoms with E-state index in [-0.39, 0.29) is 11.8 Å². The predicted molar refractivity (Wildman–Crippen MR) is 127 cm³/mol. The molecule has 172 valence electrons. The molecule has 1 fully saturated rings. The topological polar surface area (TPSA) is 94.8 Å². The van der Waals surface area contributed by atoms with Crippen molar-refractivity contribution in [1.82, 2.24) is 9.88 Å². The highest BCUT2D eigenvalue weighted by Gasteiger charge is 2.32. The van der Waals surface area contributed by atoms with E-state index in [1.807, 2.05) is 48.2 Å². The minimum absolute atomic E-state index is 0.0708. The summed E-state index contributed by atoms with van der Waals surface area (Å²) < 4.78 is 11.4. The van der Waals surface area contributed by atoms with Crippen molar-refractivity contribution in [3.05, 3.63) is 65.9 Å². The van der Waals surface area contributed by atoms with Crippen LogP contribution in [0, 0.1) is 0 Å². The van der Waals surface area contributed by atoms with Gasteiger partial charge in [0.15, 0.2) is 17.6 Å². The molecule has 2 N–H and O–H groups in total. The number of methoxy groups -OCH3 is 1. The second kappa shape index (κ2) is 9.90. The number of piperidine rings is 1. The molecule has 33 heavy (non-hydrogen) atoms. The van der Waals surface area contributed by atoms with Gasteiger partial charge in [-0.05, 0) is 43.5 Å². The van der Waals surface area contributed by atoms with Crippen LogP contribution >= 0.6 is 0 Å². The predicted octanol–water partition coefficient (Wildman–Crippen LogP) is 3.91. The van der Waals surface area contributed by atoms with E-state index in [1.165, 1.54) is 0 Å². The van der Waals surface area contributed by atoms with Crippen LogP contribution in [-0.4, -0.2) is 48.0 Å². The van der Waals surface area contributed by atoms with E-state index < -0.39 is 12.0 Å². The molecule has 0 aliphatic carbocycles. The molecule has 2 atom stereocenters. The van der Waals surface area contributed by atoms with Gasteiger partial charge < -0.3 is 20.1 Å². The van der Waals surface area contributed by atoms with Crippen LogP contribution in [0.15, 0.2) is 54.6 Å². The van der Waals surface area contributed by atoms with Crippen LogP contribution < -0.4 is 15.2 Å². The Labute approximate surface area is 193 Å². The Morgan fingerprint density at radius 1 is 1.15 bits per heavy atom. The Kier molecular flexibility index (Phi) is 6.77. The molecule has 0 radical (unpaired) electrons. The molecule has 3 aromatic rings. The molecule has 2 unspecified atom stereocenters. The van der Waals surface area contributed by atoms with E-state index >= 15 is 0 Å². The summed E-state index contributed by atoms with van der Waals surface area (Å²) in [6, 6.07) is 16.8. The molecule has 0 bridgehead atoms. The minimum Gasteiger partial charge on any atom is -0.493 e. The van der Waals surface area contributed by atoms with Gasteiger partial charge in [-0.2, -0.15) is 0 Å². The number of hydrogen-bond donors (Lipinski definition) is 1. The summed E-state index contributed by atoms with van der Waals surface area (Å²) in [6.45, 7) is 3.03. The summed E-state index contributed by atoms with van der Waals surface area (Å²) in [5.41, 5.74) is 7.60. The van der Waals surface area contributed by atoms with Crippen LogP contribution in [0.25, 0.3) is 10.9 Å². The SMILES string of the molecule is CCC(Oc1ccccc1OC)C(=O)N1CCCC(c2nc3ccccc3cc2C(N)=O)C1. The van der Waals surface area contributed by atoms with Gasteiger partial charge in [0.05, 0.1) is 23.9 Å². The second-order valence-electron chi connectivity index (χ2n) is 8.27. The molecular formula is C26H29N3O4. The van der Waals surface area contributed by atoms with Crippen molar-refractivity contribution in [2.24, 2.45) is 5.73 Å². The standard InChI is InChI=1S/C26H29N3O4/c1-3-21(33-23-13-7-6-12-22(23)32-2)26(31)29-14-8-10-18(16-29)24-19(25(27)30)15-17-9-4-5-11-20(17)28-24/h4-7,9,11-13,15,18,21H,3,8,10,14,16H2,1-2H3,(H2,27,30).